The molecule has 7 nitrogen and oxygen atoms in total. The van der Waals surface area contributed by atoms with Crippen LogP contribution in [0.1, 0.15) is 43.7 Å². The minimum absolute atomic E-state index is 0.0592. The zero-order chi connectivity index (χ0) is 20.1. The van der Waals surface area contributed by atoms with E-state index in [0.29, 0.717) is 17.1 Å². The molecule has 0 aliphatic carbocycles. The molecule has 0 aliphatic rings. The summed E-state index contributed by atoms with van der Waals surface area (Å²) < 4.78 is 20.4. The van der Waals surface area contributed by atoms with Crippen LogP contribution in [0.2, 0.25) is 0 Å². The van der Waals surface area contributed by atoms with E-state index in [1.807, 2.05) is 26.0 Å². The van der Waals surface area contributed by atoms with E-state index >= 15 is 0 Å². The van der Waals surface area contributed by atoms with Gasteiger partial charge in [0.1, 0.15) is 18.1 Å². The van der Waals surface area contributed by atoms with E-state index < -0.39 is 11.9 Å². The van der Waals surface area contributed by atoms with Crippen LogP contribution in [0, 0.1) is 13.8 Å². The SMILES string of the molecule is COC(=O)c1ccc(COC(=O)c2ccccc2SCc2c(C)noc2C)o1. The van der Waals surface area contributed by atoms with Gasteiger partial charge in [-0.2, -0.15) is 0 Å². The lowest BCUT2D eigenvalue weighted by Gasteiger charge is -2.08. The summed E-state index contributed by atoms with van der Waals surface area (Å²) in [6.45, 7) is 3.67. The Morgan fingerprint density at radius 3 is 2.61 bits per heavy atom. The highest BCUT2D eigenvalue weighted by Gasteiger charge is 2.17. The Bertz CT molecular complexity index is 971. The largest absolute Gasteiger partial charge is 0.463 e. The van der Waals surface area contributed by atoms with Crippen LogP contribution in [0.15, 0.2) is 50.2 Å². The molecule has 3 rings (SSSR count). The summed E-state index contributed by atoms with van der Waals surface area (Å²) in [4.78, 5) is 24.7. The number of ether oxygens (including phenoxy) is 2. The molecule has 3 aromatic rings. The fourth-order valence-electron chi connectivity index (χ4n) is 2.50. The standard InChI is InChI=1S/C20H19NO6S/c1-12-16(13(2)27-21-12)11-28-18-7-5-4-6-15(18)19(22)25-10-14-8-9-17(26-14)20(23)24-3/h4-9H,10-11H2,1-3H3. The number of hydrogen-bond donors (Lipinski definition) is 0. The number of thioether (sulfide) groups is 1. The van der Waals surface area contributed by atoms with E-state index in [9.17, 15) is 9.59 Å². The van der Waals surface area contributed by atoms with Gasteiger partial charge in [0, 0.05) is 16.2 Å². The van der Waals surface area contributed by atoms with Crippen LogP contribution < -0.4 is 0 Å². The lowest BCUT2D eigenvalue weighted by atomic mass is 10.2. The van der Waals surface area contributed by atoms with Crippen molar-refractivity contribution in [3.05, 3.63) is 70.5 Å². The van der Waals surface area contributed by atoms with Crippen molar-refractivity contribution in [2.24, 2.45) is 0 Å². The van der Waals surface area contributed by atoms with Gasteiger partial charge in [0.2, 0.25) is 5.76 Å². The Labute approximate surface area is 166 Å². The van der Waals surface area contributed by atoms with Crippen LogP contribution in [-0.2, 0) is 21.8 Å². The van der Waals surface area contributed by atoms with Crippen molar-refractivity contribution in [2.45, 2.75) is 31.1 Å². The summed E-state index contributed by atoms with van der Waals surface area (Å²) >= 11 is 1.51. The minimum atomic E-state index is -0.585. The molecule has 1 aromatic carbocycles. The second-order valence-corrected chi connectivity index (χ2v) is 6.94. The Morgan fingerprint density at radius 2 is 1.89 bits per heavy atom. The van der Waals surface area contributed by atoms with Gasteiger partial charge in [-0.15, -0.1) is 11.8 Å². The average Bonchev–Trinajstić information content (AvgIpc) is 3.31. The van der Waals surface area contributed by atoms with Gasteiger partial charge in [0.05, 0.1) is 18.4 Å². The molecule has 0 amide bonds. The monoisotopic (exact) mass is 401 g/mol. The maximum absolute atomic E-state index is 12.5. The van der Waals surface area contributed by atoms with E-state index in [1.54, 1.807) is 18.2 Å². The number of benzene rings is 1. The Kier molecular flexibility index (Phi) is 6.20. The van der Waals surface area contributed by atoms with Crippen molar-refractivity contribution in [1.82, 2.24) is 5.16 Å². The maximum atomic E-state index is 12.5. The molecule has 0 bridgehead atoms. The molecule has 0 spiro atoms. The number of esters is 2. The first-order valence-electron chi connectivity index (χ1n) is 8.47. The van der Waals surface area contributed by atoms with E-state index in [-0.39, 0.29) is 12.4 Å². The first kappa shape index (κ1) is 19.8. The zero-order valence-electron chi connectivity index (χ0n) is 15.7. The summed E-state index contributed by atoms with van der Waals surface area (Å²) in [6.07, 6.45) is 0. The summed E-state index contributed by atoms with van der Waals surface area (Å²) in [5.41, 5.74) is 2.31. The first-order valence-corrected chi connectivity index (χ1v) is 9.46. The summed E-state index contributed by atoms with van der Waals surface area (Å²) in [6, 6.07) is 10.3. The Balaban J connectivity index is 1.65. The third kappa shape index (κ3) is 4.45. The van der Waals surface area contributed by atoms with Crippen molar-refractivity contribution in [1.29, 1.82) is 0 Å². The van der Waals surface area contributed by atoms with Crippen LogP contribution in [0.5, 0.6) is 0 Å². The van der Waals surface area contributed by atoms with E-state index in [4.69, 9.17) is 13.7 Å². The number of furan rings is 1. The normalized spacial score (nSPS) is 10.7. The highest BCUT2D eigenvalue weighted by Crippen LogP contribution is 2.29. The summed E-state index contributed by atoms with van der Waals surface area (Å²) in [5, 5.41) is 3.95. The van der Waals surface area contributed by atoms with Crippen molar-refractivity contribution in [3.8, 4) is 0 Å². The van der Waals surface area contributed by atoms with Gasteiger partial charge >= 0.3 is 11.9 Å². The highest BCUT2D eigenvalue weighted by atomic mass is 32.2. The van der Waals surface area contributed by atoms with Crippen LogP contribution in [-0.4, -0.2) is 24.2 Å². The molecule has 146 valence electrons. The summed E-state index contributed by atoms with van der Waals surface area (Å²) in [7, 11) is 1.27. The predicted molar refractivity (Wildman–Crippen MR) is 101 cm³/mol. The van der Waals surface area contributed by atoms with Gasteiger partial charge in [0.25, 0.3) is 0 Å². The molecule has 2 heterocycles. The average molecular weight is 401 g/mol. The van der Waals surface area contributed by atoms with Gasteiger partial charge in [-0.1, -0.05) is 17.3 Å². The van der Waals surface area contributed by atoms with Crippen LogP contribution >= 0.6 is 11.8 Å². The number of methoxy groups -OCH3 is 1. The third-order valence-electron chi connectivity index (χ3n) is 4.05. The lowest BCUT2D eigenvalue weighted by Crippen LogP contribution is -2.06. The number of nitrogens with zero attached hydrogens (tertiary/aromatic N) is 1. The smallest absolute Gasteiger partial charge is 0.373 e. The molecule has 0 unspecified atom stereocenters. The topological polar surface area (TPSA) is 91.8 Å². The van der Waals surface area contributed by atoms with Gasteiger partial charge < -0.3 is 18.4 Å². The van der Waals surface area contributed by atoms with E-state index in [0.717, 1.165) is 21.9 Å². The van der Waals surface area contributed by atoms with Crippen molar-refractivity contribution < 1.29 is 28.0 Å². The molecule has 0 aliphatic heterocycles. The van der Waals surface area contributed by atoms with Gasteiger partial charge in [-0.05, 0) is 38.1 Å². The number of carbonyl (C=O) groups excluding carboxylic acids is 2. The second kappa shape index (κ2) is 8.79. The molecule has 0 saturated carbocycles. The van der Waals surface area contributed by atoms with Crippen LogP contribution in [0.25, 0.3) is 0 Å². The Morgan fingerprint density at radius 1 is 1.11 bits per heavy atom. The molecule has 0 atom stereocenters. The number of aryl methyl sites for hydroxylation is 2. The third-order valence-corrected chi connectivity index (χ3v) is 5.15. The van der Waals surface area contributed by atoms with Gasteiger partial charge in [-0.3, -0.25) is 0 Å². The van der Waals surface area contributed by atoms with E-state index in [2.05, 4.69) is 9.89 Å². The Hall–Kier alpha value is -3.00. The predicted octanol–water partition coefficient (Wildman–Crippen LogP) is 4.32. The van der Waals surface area contributed by atoms with Crippen molar-refractivity contribution >= 4 is 23.7 Å². The lowest BCUT2D eigenvalue weighted by molar-refractivity contribution is 0.0434. The number of hydrogen-bond acceptors (Lipinski definition) is 8. The molecular formula is C20H19NO6S. The zero-order valence-corrected chi connectivity index (χ0v) is 16.5. The van der Waals surface area contributed by atoms with Crippen LogP contribution in [0.3, 0.4) is 0 Å². The summed E-state index contributed by atoms with van der Waals surface area (Å²) in [5.74, 6) is 0.756. The fraction of sp³-hybridized carbons (Fsp3) is 0.250. The molecule has 8 heteroatoms. The number of aromatic nitrogens is 1. The van der Waals surface area contributed by atoms with Crippen LogP contribution in [0.4, 0.5) is 0 Å². The fourth-order valence-corrected chi connectivity index (χ4v) is 3.69. The minimum Gasteiger partial charge on any atom is -0.463 e. The maximum Gasteiger partial charge on any atom is 0.373 e. The molecule has 28 heavy (non-hydrogen) atoms. The molecule has 0 N–H and O–H groups in total. The molecular weight excluding hydrogens is 382 g/mol. The van der Waals surface area contributed by atoms with Crippen molar-refractivity contribution in [3.63, 3.8) is 0 Å². The van der Waals surface area contributed by atoms with E-state index in [1.165, 1.54) is 24.9 Å². The molecule has 0 saturated heterocycles. The van der Waals surface area contributed by atoms with Gasteiger partial charge in [0.15, 0.2) is 0 Å². The highest BCUT2D eigenvalue weighted by molar-refractivity contribution is 7.98. The quantitative estimate of drug-likeness (QED) is 0.427. The molecule has 0 fully saturated rings. The van der Waals surface area contributed by atoms with Gasteiger partial charge in [-0.25, -0.2) is 9.59 Å². The second-order valence-electron chi connectivity index (χ2n) is 5.92. The number of rotatable bonds is 7. The molecule has 2 aromatic heterocycles. The number of carbonyl (C=O) groups is 2. The molecule has 0 radical (unpaired) electrons. The van der Waals surface area contributed by atoms with Crippen molar-refractivity contribution in [2.75, 3.05) is 7.11 Å². The first-order chi connectivity index (χ1) is 13.5.